The molecule has 1 fully saturated rings. The van der Waals surface area contributed by atoms with Gasteiger partial charge in [0.25, 0.3) is 0 Å². The Balaban J connectivity index is 2.01. The zero-order valence-corrected chi connectivity index (χ0v) is 11.6. The second-order valence-corrected chi connectivity index (χ2v) is 6.14. The number of hydrogen-bond donors (Lipinski definition) is 2. The topological polar surface area (TPSA) is 38.0 Å². The fourth-order valence-corrected chi connectivity index (χ4v) is 4.24. The van der Waals surface area contributed by atoms with Gasteiger partial charge in [0.2, 0.25) is 0 Å². The van der Waals surface area contributed by atoms with E-state index in [9.17, 15) is 0 Å². The van der Waals surface area contributed by atoms with E-state index >= 15 is 0 Å². The Morgan fingerprint density at radius 1 is 0.950 bits per heavy atom. The molecule has 0 saturated carbocycles. The van der Waals surface area contributed by atoms with E-state index in [0.29, 0.717) is 0 Å². The average molecular weight is 264 g/mol. The van der Waals surface area contributed by atoms with E-state index in [-0.39, 0.29) is 11.1 Å². The van der Waals surface area contributed by atoms with Gasteiger partial charge in [-0.25, -0.2) is 0 Å². The number of benzene rings is 2. The molecule has 102 valence electrons. The second kappa shape index (κ2) is 4.18. The summed E-state index contributed by atoms with van der Waals surface area (Å²) in [5, 5.41) is 3.78. The van der Waals surface area contributed by atoms with Crippen LogP contribution in [0.15, 0.2) is 54.6 Å². The molecule has 0 bridgehead atoms. The predicted octanol–water partition coefficient (Wildman–Crippen LogP) is 2.57. The van der Waals surface area contributed by atoms with Crippen molar-refractivity contribution in [3.05, 3.63) is 71.3 Å². The third-order valence-corrected chi connectivity index (χ3v) is 5.07. The van der Waals surface area contributed by atoms with Crippen molar-refractivity contribution in [1.29, 1.82) is 0 Å². The summed E-state index contributed by atoms with van der Waals surface area (Å²) in [6, 6.07) is 19.4. The Labute approximate surface area is 120 Å². The van der Waals surface area contributed by atoms with Crippen LogP contribution < -0.4 is 11.1 Å². The van der Waals surface area contributed by atoms with Crippen LogP contribution in [-0.2, 0) is 12.0 Å². The Kier molecular flexibility index (Phi) is 2.53. The van der Waals surface area contributed by atoms with Crippen molar-refractivity contribution < 1.29 is 0 Å². The van der Waals surface area contributed by atoms with Gasteiger partial charge in [0.1, 0.15) is 0 Å². The molecule has 2 nitrogen and oxygen atoms in total. The van der Waals surface area contributed by atoms with E-state index in [1.54, 1.807) is 0 Å². The Morgan fingerprint density at radius 2 is 1.70 bits per heavy atom. The molecule has 2 heteroatoms. The van der Waals surface area contributed by atoms with Crippen LogP contribution in [0.5, 0.6) is 0 Å². The first kappa shape index (κ1) is 12.1. The van der Waals surface area contributed by atoms with Crippen LogP contribution in [0.3, 0.4) is 0 Å². The van der Waals surface area contributed by atoms with Gasteiger partial charge in [-0.05, 0) is 42.5 Å². The molecule has 2 aliphatic rings. The number of hydrogen-bond acceptors (Lipinski definition) is 2. The number of nitrogens with one attached hydrogen (secondary N) is 1. The molecule has 0 radical (unpaired) electrons. The maximum atomic E-state index is 6.92. The highest BCUT2D eigenvalue weighted by Crippen LogP contribution is 2.50. The fraction of sp³-hybridized carbons (Fsp3) is 0.333. The zero-order valence-electron chi connectivity index (χ0n) is 11.6. The highest BCUT2D eigenvalue weighted by Gasteiger charge is 2.57. The zero-order chi connectivity index (χ0) is 13.6. The standard InChI is InChI=1S/C18H20N2/c19-17-11-6-12-20-18(17,15-8-2-1-3-9-15)16-10-5-4-7-14(16)13-17/h1-5,7-10,20H,6,11-13,19H2/t17-,18-/m1/s1. The van der Waals surface area contributed by atoms with Crippen LogP contribution in [0, 0.1) is 0 Å². The summed E-state index contributed by atoms with van der Waals surface area (Å²) >= 11 is 0. The summed E-state index contributed by atoms with van der Waals surface area (Å²) in [6.45, 7) is 1.03. The molecule has 20 heavy (non-hydrogen) atoms. The summed E-state index contributed by atoms with van der Waals surface area (Å²) in [6.07, 6.45) is 3.19. The molecule has 1 aliphatic carbocycles. The quantitative estimate of drug-likeness (QED) is 0.831. The van der Waals surface area contributed by atoms with E-state index < -0.39 is 0 Å². The molecule has 1 aliphatic heterocycles. The minimum Gasteiger partial charge on any atom is -0.323 e. The molecule has 0 aromatic heterocycles. The first-order chi connectivity index (χ1) is 9.76. The lowest BCUT2D eigenvalue weighted by molar-refractivity contribution is 0.176. The Morgan fingerprint density at radius 3 is 2.55 bits per heavy atom. The third-order valence-electron chi connectivity index (χ3n) is 5.07. The van der Waals surface area contributed by atoms with Crippen LogP contribution in [0.1, 0.15) is 29.5 Å². The Bertz CT molecular complexity index is 637. The first-order valence-electron chi connectivity index (χ1n) is 7.44. The molecule has 0 spiro atoms. The van der Waals surface area contributed by atoms with Crippen molar-refractivity contribution >= 4 is 0 Å². The molecule has 2 aromatic rings. The van der Waals surface area contributed by atoms with Crippen molar-refractivity contribution in [1.82, 2.24) is 5.32 Å². The van der Waals surface area contributed by atoms with E-state index in [1.807, 2.05) is 0 Å². The molecule has 2 aromatic carbocycles. The Hall–Kier alpha value is -1.64. The minimum atomic E-state index is -0.219. The van der Waals surface area contributed by atoms with Crippen molar-refractivity contribution in [2.75, 3.05) is 6.54 Å². The van der Waals surface area contributed by atoms with Gasteiger partial charge in [-0.3, -0.25) is 0 Å². The lowest BCUT2D eigenvalue weighted by Crippen LogP contribution is -2.66. The van der Waals surface area contributed by atoms with Crippen molar-refractivity contribution in [3.63, 3.8) is 0 Å². The molecule has 1 heterocycles. The molecule has 2 atom stereocenters. The summed E-state index contributed by atoms with van der Waals surface area (Å²) in [7, 11) is 0. The van der Waals surface area contributed by atoms with Crippen LogP contribution in [0.2, 0.25) is 0 Å². The van der Waals surface area contributed by atoms with Gasteiger partial charge < -0.3 is 11.1 Å². The van der Waals surface area contributed by atoms with E-state index in [0.717, 1.165) is 25.8 Å². The highest BCUT2D eigenvalue weighted by molar-refractivity contribution is 5.53. The molecular weight excluding hydrogens is 244 g/mol. The summed E-state index contributed by atoms with van der Waals surface area (Å²) in [5.74, 6) is 0. The fourth-order valence-electron chi connectivity index (χ4n) is 4.24. The van der Waals surface area contributed by atoms with Gasteiger partial charge in [0.05, 0.1) is 5.54 Å². The highest BCUT2D eigenvalue weighted by atomic mass is 15.1. The third kappa shape index (κ3) is 1.41. The average Bonchev–Trinajstić information content (AvgIpc) is 2.77. The predicted molar refractivity (Wildman–Crippen MR) is 81.5 cm³/mol. The molecule has 1 saturated heterocycles. The van der Waals surface area contributed by atoms with Crippen molar-refractivity contribution in [3.8, 4) is 0 Å². The van der Waals surface area contributed by atoms with Crippen LogP contribution in [-0.4, -0.2) is 12.1 Å². The second-order valence-electron chi connectivity index (χ2n) is 6.14. The number of rotatable bonds is 1. The lowest BCUT2D eigenvalue weighted by Gasteiger charge is -2.49. The van der Waals surface area contributed by atoms with Gasteiger partial charge in [0.15, 0.2) is 0 Å². The molecule has 4 rings (SSSR count). The van der Waals surface area contributed by atoms with Crippen LogP contribution >= 0.6 is 0 Å². The van der Waals surface area contributed by atoms with Gasteiger partial charge in [-0.15, -0.1) is 0 Å². The van der Waals surface area contributed by atoms with Crippen molar-refractivity contribution in [2.45, 2.75) is 30.3 Å². The number of piperidine rings is 1. The van der Waals surface area contributed by atoms with E-state index in [1.165, 1.54) is 16.7 Å². The monoisotopic (exact) mass is 264 g/mol. The maximum absolute atomic E-state index is 6.92. The first-order valence-corrected chi connectivity index (χ1v) is 7.44. The molecule has 3 N–H and O–H groups in total. The molecular formula is C18H20N2. The smallest absolute Gasteiger partial charge is 0.0879 e. The lowest BCUT2D eigenvalue weighted by atomic mass is 9.68. The van der Waals surface area contributed by atoms with Gasteiger partial charge >= 0.3 is 0 Å². The molecule has 0 unspecified atom stereocenters. The summed E-state index contributed by atoms with van der Waals surface area (Å²) in [4.78, 5) is 0. The van der Waals surface area contributed by atoms with E-state index in [2.05, 4.69) is 59.9 Å². The maximum Gasteiger partial charge on any atom is 0.0879 e. The number of nitrogens with two attached hydrogens (primary N) is 1. The van der Waals surface area contributed by atoms with Gasteiger partial charge in [-0.1, -0.05) is 54.6 Å². The summed E-state index contributed by atoms with van der Waals surface area (Å²) < 4.78 is 0. The van der Waals surface area contributed by atoms with Gasteiger partial charge in [0, 0.05) is 5.54 Å². The SMILES string of the molecule is N[C@@]12CCCN[C@]1(c1ccccc1)c1ccccc1C2. The normalized spacial score (nSPS) is 31.6. The van der Waals surface area contributed by atoms with Gasteiger partial charge in [-0.2, -0.15) is 0 Å². The van der Waals surface area contributed by atoms with Crippen molar-refractivity contribution in [2.24, 2.45) is 5.73 Å². The van der Waals surface area contributed by atoms with E-state index in [4.69, 9.17) is 5.73 Å². The van der Waals surface area contributed by atoms with Crippen LogP contribution in [0.4, 0.5) is 0 Å². The molecule has 0 amide bonds. The number of fused-ring (bicyclic) bond motifs is 3. The summed E-state index contributed by atoms with van der Waals surface area (Å²) in [5.41, 5.74) is 10.6. The minimum absolute atomic E-state index is 0.212. The largest absolute Gasteiger partial charge is 0.323 e. The van der Waals surface area contributed by atoms with Crippen LogP contribution in [0.25, 0.3) is 0 Å².